The maximum atomic E-state index is 11.2. The third-order valence-corrected chi connectivity index (χ3v) is 1.48. The fourth-order valence-electron chi connectivity index (χ4n) is 0.780. The van der Waals surface area contributed by atoms with Crippen LogP contribution >= 0.6 is 0 Å². The predicted molar refractivity (Wildman–Crippen MR) is 59.8 cm³/mol. The van der Waals surface area contributed by atoms with Gasteiger partial charge in [0.05, 0.1) is 12.7 Å². The van der Waals surface area contributed by atoms with Crippen LogP contribution in [0, 0.1) is 0 Å². The summed E-state index contributed by atoms with van der Waals surface area (Å²) in [6.45, 7) is 11.8. The molecule has 0 saturated heterocycles. The standard InChI is InChI=1S/C11H21NO3/c1-6-9(2)14-8-7-12-10(13)15-11(3,4)5/h6,9H,1,7-8H2,2-5H3,(H,12,13). The molecule has 88 valence electrons. The molecule has 0 aliphatic heterocycles. The molecule has 0 rings (SSSR count). The lowest BCUT2D eigenvalue weighted by molar-refractivity contribution is 0.0480. The summed E-state index contributed by atoms with van der Waals surface area (Å²) in [5.74, 6) is 0. The van der Waals surface area contributed by atoms with Crippen LogP contribution in [0.3, 0.4) is 0 Å². The zero-order valence-corrected chi connectivity index (χ0v) is 10.0. The Labute approximate surface area is 91.6 Å². The lowest BCUT2D eigenvalue weighted by Crippen LogP contribution is -2.34. The van der Waals surface area contributed by atoms with Crippen LogP contribution in [0.15, 0.2) is 12.7 Å². The number of rotatable bonds is 5. The van der Waals surface area contributed by atoms with E-state index in [9.17, 15) is 4.79 Å². The molecule has 4 nitrogen and oxygen atoms in total. The van der Waals surface area contributed by atoms with Gasteiger partial charge in [-0.2, -0.15) is 0 Å². The van der Waals surface area contributed by atoms with E-state index in [0.717, 1.165) is 0 Å². The van der Waals surface area contributed by atoms with Gasteiger partial charge in [0, 0.05) is 6.54 Å². The minimum absolute atomic E-state index is 0.00503. The SMILES string of the molecule is C=CC(C)OCCNC(=O)OC(C)(C)C. The van der Waals surface area contributed by atoms with Gasteiger partial charge in [-0.1, -0.05) is 6.08 Å². The van der Waals surface area contributed by atoms with E-state index in [0.29, 0.717) is 13.2 Å². The summed E-state index contributed by atoms with van der Waals surface area (Å²) >= 11 is 0. The maximum absolute atomic E-state index is 11.2. The van der Waals surface area contributed by atoms with Crippen molar-refractivity contribution in [2.75, 3.05) is 13.2 Å². The highest BCUT2D eigenvalue weighted by Crippen LogP contribution is 2.06. The topological polar surface area (TPSA) is 47.6 Å². The lowest BCUT2D eigenvalue weighted by Gasteiger charge is -2.19. The minimum Gasteiger partial charge on any atom is -0.444 e. The van der Waals surface area contributed by atoms with Crippen molar-refractivity contribution in [2.24, 2.45) is 0 Å². The number of hydrogen-bond donors (Lipinski definition) is 1. The van der Waals surface area contributed by atoms with Gasteiger partial charge in [0.15, 0.2) is 0 Å². The monoisotopic (exact) mass is 215 g/mol. The summed E-state index contributed by atoms with van der Waals surface area (Å²) < 4.78 is 10.3. The van der Waals surface area contributed by atoms with Gasteiger partial charge in [-0.3, -0.25) is 0 Å². The molecule has 0 bridgehead atoms. The Morgan fingerprint density at radius 3 is 2.60 bits per heavy atom. The van der Waals surface area contributed by atoms with Crippen molar-refractivity contribution in [1.82, 2.24) is 5.32 Å². The first-order chi connectivity index (χ1) is 6.85. The van der Waals surface area contributed by atoms with Crippen molar-refractivity contribution in [3.63, 3.8) is 0 Å². The average Bonchev–Trinajstić information content (AvgIpc) is 2.09. The van der Waals surface area contributed by atoms with Gasteiger partial charge in [0.25, 0.3) is 0 Å². The number of hydrogen-bond acceptors (Lipinski definition) is 3. The summed E-state index contributed by atoms with van der Waals surface area (Å²) in [5.41, 5.74) is -0.459. The van der Waals surface area contributed by atoms with E-state index in [1.807, 2.05) is 27.7 Å². The Morgan fingerprint density at radius 2 is 2.13 bits per heavy atom. The molecule has 0 heterocycles. The van der Waals surface area contributed by atoms with Crippen LogP contribution in [0.25, 0.3) is 0 Å². The molecular weight excluding hydrogens is 194 g/mol. The van der Waals surface area contributed by atoms with Gasteiger partial charge in [-0.15, -0.1) is 6.58 Å². The Kier molecular flexibility index (Phi) is 6.01. The highest BCUT2D eigenvalue weighted by Gasteiger charge is 2.15. The van der Waals surface area contributed by atoms with Gasteiger partial charge in [0.1, 0.15) is 5.60 Å². The molecule has 0 aromatic rings. The van der Waals surface area contributed by atoms with Crippen molar-refractivity contribution in [3.05, 3.63) is 12.7 Å². The van der Waals surface area contributed by atoms with E-state index < -0.39 is 11.7 Å². The quantitative estimate of drug-likeness (QED) is 0.564. The van der Waals surface area contributed by atoms with Crippen molar-refractivity contribution < 1.29 is 14.3 Å². The van der Waals surface area contributed by atoms with Crippen LogP contribution in [-0.2, 0) is 9.47 Å². The second-order valence-electron chi connectivity index (χ2n) is 4.24. The fourth-order valence-corrected chi connectivity index (χ4v) is 0.780. The largest absolute Gasteiger partial charge is 0.444 e. The molecule has 0 saturated carbocycles. The Morgan fingerprint density at radius 1 is 1.53 bits per heavy atom. The van der Waals surface area contributed by atoms with Gasteiger partial charge in [-0.25, -0.2) is 4.79 Å². The van der Waals surface area contributed by atoms with Crippen LogP contribution in [-0.4, -0.2) is 30.9 Å². The number of ether oxygens (including phenoxy) is 2. The number of carbonyl (C=O) groups is 1. The molecule has 0 radical (unpaired) electrons. The van der Waals surface area contributed by atoms with Gasteiger partial charge < -0.3 is 14.8 Å². The molecule has 1 unspecified atom stereocenters. The second-order valence-corrected chi connectivity index (χ2v) is 4.24. The Bertz CT molecular complexity index is 208. The van der Waals surface area contributed by atoms with Crippen molar-refractivity contribution in [3.8, 4) is 0 Å². The first kappa shape index (κ1) is 14.0. The van der Waals surface area contributed by atoms with Crippen LogP contribution in [0.2, 0.25) is 0 Å². The Balaban J connectivity index is 3.52. The summed E-state index contributed by atoms with van der Waals surface area (Å²) in [6.07, 6.45) is 1.29. The highest BCUT2D eigenvalue weighted by molar-refractivity contribution is 5.67. The number of alkyl carbamates (subject to hydrolysis) is 1. The van der Waals surface area contributed by atoms with Crippen LogP contribution in [0.4, 0.5) is 4.79 Å². The predicted octanol–water partition coefficient (Wildman–Crippen LogP) is 2.10. The van der Waals surface area contributed by atoms with Gasteiger partial charge in [0.2, 0.25) is 0 Å². The molecule has 4 heteroatoms. The molecule has 0 aromatic carbocycles. The number of amides is 1. The van der Waals surface area contributed by atoms with E-state index in [4.69, 9.17) is 9.47 Å². The molecule has 0 aliphatic rings. The minimum atomic E-state index is -0.459. The summed E-state index contributed by atoms with van der Waals surface area (Å²) in [6, 6.07) is 0. The zero-order chi connectivity index (χ0) is 11.9. The molecule has 1 amide bonds. The normalized spacial score (nSPS) is 13.1. The maximum Gasteiger partial charge on any atom is 0.407 e. The molecule has 0 aliphatic carbocycles. The third kappa shape index (κ3) is 9.28. The van der Waals surface area contributed by atoms with Crippen LogP contribution in [0.1, 0.15) is 27.7 Å². The first-order valence-electron chi connectivity index (χ1n) is 5.06. The van der Waals surface area contributed by atoms with Gasteiger partial charge in [-0.05, 0) is 27.7 Å². The van der Waals surface area contributed by atoms with Crippen molar-refractivity contribution >= 4 is 6.09 Å². The van der Waals surface area contributed by atoms with Crippen molar-refractivity contribution in [2.45, 2.75) is 39.4 Å². The molecule has 1 N–H and O–H groups in total. The second kappa shape index (κ2) is 6.45. The molecule has 0 aromatic heterocycles. The molecular formula is C11H21NO3. The van der Waals surface area contributed by atoms with E-state index >= 15 is 0 Å². The lowest BCUT2D eigenvalue weighted by atomic mass is 10.2. The molecule has 15 heavy (non-hydrogen) atoms. The van der Waals surface area contributed by atoms with Crippen molar-refractivity contribution in [1.29, 1.82) is 0 Å². The summed E-state index contributed by atoms with van der Waals surface area (Å²) in [4.78, 5) is 11.2. The average molecular weight is 215 g/mol. The zero-order valence-electron chi connectivity index (χ0n) is 10.0. The van der Waals surface area contributed by atoms with E-state index in [2.05, 4.69) is 11.9 Å². The van der Waals surface area contributed by atoms with E-state index in [1.165, 1.54) is 0 Å². The first-order valence-corrected chi connectivity index (χ1v) is 5.06. The highest BCUT2D eigenvalue weighted by atomic mass is 16.6. The third-order valence-electron chi connectivity index (χ3n) is 1.48. The van der Waals surface area contributed by atoms with Gasteiger partial charge >= 0.3 is 6.09 Å². The molecule has 0 spiro atoms. The molecule has 1 atom stereocenters. The smallest absolute Gasteiger partial charge is 0.407 e. The molecule has 0 fully saturated rings. The van der Waals surface area contributed by atoms with E-state index in [1.54, 1.807) is 6.08 Å². The number of carbonyl (C=O) groups excluding carboxylic acids is 1. The fraction of sp³-hybridized carbons (Fsp3) is 0.727. The van der Waals surface area contributed by atoms with Crippen LogP contribution < -0.4 is 5.32 Å². The summed E-state index contributed by atoms with van der Waals surface area (Å²) in [5, 5.41) is 2.60. The van der Waals surface area contributed by atoms with E-state index in [-0.39, 0.29) is 6.10 Å². The van der Waals surface area contributed by atoms with Crippen LogP contribution in [0.5, 0.6) is 0 Å². The summed E-state index contributed by atoms with van der Waals surface area (Å²) in [7, 11) is 0. The Hall–Kier alpha value is -1.03. The number of nitrogens with one attached hydrogen (secondary N) is 1.